The molecule has 134 valence electrons. The van der Waals surface area contributed by atoms with Gasteiger partial charge in [0.2, 0.25) is 5.78 Å². The molecule has 3 aromatic rings. The summed E-state index contributed by atoms with van der Waals surface area (Å²) in [7, 11) is 0. The van der Waals surface area contributed by atoms with Gasteiger partial charge in [0.25, 0.3) is 5.56 Å². The predicted octanol–water partition coefficient (Wildman–Crippen LogP) is 2.64. The number of aromatic amines is 1. The summed E-state index contributed by atoms with van der Waals surface area (Å²) in [6, 6.07) is 16.3. The first-order valence-electron chi connectivity index (χ1n) is 8.63. The highest BCUT2D eigenvalue weighted by Crippen LogP contribution is 2.21. The zero-order valence-electron chi connectivity index (χ0n) is 14.5. The number of H-pyrrole nitrogens is 1. The van der Waals surface area contributed by atoms with Crippen LogP contribution in [0.2, 0.25) is 5.02 Å². The SMILES string of the molecule is CCC[NH2+]CC(=O)c1c(-c2ccccc2)[nH]n(-c2ccc(Cl)cc2)c1=O. The number of hydrogen-bond donors (Lipinski definition) is 2. The Balaban J connectivity index is 2.10. The van der Waals surface area contributed by atoms with Gasteiger partial charge in [-0.3, -0.25) is 14.7 Å². The van der Waals surface area contributed by atoms with Crippen LogP contribution in [-0.4, -0.2) is 28.7 Å². The minimum atomic E-state index is -0.346. The van der Waals surface area contributed by atoms with Crippen molar-refractivity contribution in [2.75, 3.05) is 13.1 Å². The second-order valence-corrected chi connectivity index (χ2v) is 6.49. The van der Waals surface area contributed by atoms with Crippen LogP contribution in [0, 0.1) is 0 Å². The minimum Gasteiger partial charge on any atom is -0.340 e. The Hall–Kier alpha value is -2.63. The van der Waals surface area contributed by atoms with Crippen LogP contribution in [0.4, 0.5) is 0 Å². The van der Waals surface area contributed by atoms with Crippen LogP contribution in [0.3, 0.4) is 0 Å². The molecule has 1 heterocycles. The Morgan fingerprint density at radius 2 is 1.81 bits per heavy atom. The molecule has 0 saturated carbocycles. The van der Waals surface area contributed by atoms with Crippen molar-refractivity contribution in [1.29, 1.82) is 0 Å². The highest BCUT2D eigenvalue weighted by atomic mass is 35.5. The molecule has 3 rings (SSSR count). The average molecular weight is 371 g/mol. The summed E-state index contributed by atoms with van der Waals surface area (Å²) in [5.74, 6) is -0.175. The number of rotatable bonds is 7. The van der Waals surface area contributed by atoms with Crippen LogP contribution in [0.1, 0.15) is 23.7 Å². The molecule has 0 atom stereocenters. The molecule has 0 saturated heterocycles. The number of halogens is 1. The van der Waals surface area contributed by atoms with Crippen molar-refractivity contribution in [3.63, 3.8) is 0 Å². The van der Waals surface area contributed by atoms with Crippen LogP contribution in [-0.2, 0) is 0 Å². The van der Waals surface area contributed by atoms with E-state index in [1.54, 1.807) is 24.3 Å². The number of hydrogen-bond acceptors (Lipinski definition) is 2. The maximum Gasteiger partial charge on any atom is 0.283 e. The van der Waals surface area contributed by atoms with E-state index in [1.165, 1.54) is 4.68 Å². The Labute approximate surface area is 156 Å². The molecule has 0 aliphatic carbocycles. The van der Waals surface area contributed by atoms with E-state index in [-0.39, 0.29) is 23.5 Å². The van der Waals surface area contributed by atoms with E-state index in [0.29, 0.717) is 16.4 Å². The minimum absolute atomic E-state index is 0.175. The smallest absolute Gasteiger partial charge is 0.283 e. The predicted molar refractivity (Wildman–Crippen MR) is 103 cm³/mol. The van der Waals surface area contributed by atoms with Gasteiger partial charge in [-0.1, -0.05) is 48.9 Å². The number of aromatic nitrogens is 2. The second-order valence-electron chi connectivity index (χ2n) is 6.05. The summed E-state index contributed by atoms with van der Waals surface area (Å²) in [6.07, 6.45) is 0.973. The van der Waals surface area contributed by atoms with Gasteiger partial charge in [-0.05, 0) is 30.7 Å². The fourth-order valence-electron chi connectivity index (χ4n) is 2.82. The number of nitrogens with two attached hydrogens (primary N) is 1. The van der Waals surface area contributed by atoms with Gasteiger partial charge in [0.1, 0.15) is 12.1 Å². The van der Waals surface area contributed by atoms with Gasteiger partial charge in [0.05, 0.1) is 17.9 Å². The van der Waals surface area contributed by atoms with Crippen molar-refractivity contribution in [2.24, 2.45) is 0 Å². The van der Waals surface area contributed by atoms with Crippen molar-refractivity contribution in [2.45, 2.75) is 13.3 Å². The number of Topliss-reactive ketones (excluding diaryl/α,β-unsaturated/α-hetero) is 1. The Morgan fingerprint density at radius 3 is 2.46 bits per heavy atom. The number of carbonyl (C=O) groups is 1. The van der Waals surface area contributed by atoms with Gasteiger partial charge < -0.3 is 5.32 Å². The van der Waals surface area contributed by atoms with Crippen LogP contribution in [0.5, 0.6) is 0 Å². The topological polar surface area (TPSA) is 71.5 Å². The van der Waals surface area contributed by atoms with E-state index in [9.17, 15) is 9.59 Å². The number of nitrogens with zero attached hydrogens (tertiary/aromatic N) is 1. The van der Waals surface area contributed by atoms with E-state index in [1.807, 2.05) is 35.6 Å². The molecule has 0 fully saturated rings. The molecule has 2 aromatic carbocycles. The third-order valence-corrected chi connectivity index (χ3v) is 4.39. The summed E-state index contributed by atoms with van der Waals surface area (Å²) in [5.41, 5.74) is 1.82. The third kappa shape index (κ3) is 3.79. The monoisotopic (exact) mass is 370 g/mol. The highest BCUT2D eigenvalue weighted by Gasteiger charge is 2.23. The van der Waals surface area contributed by atoms with Gasteiger partial charge in [-0.25, -0.2) is 4.68 Å². The molecule has 5 nitrogen and oxygen atoms in total. The van der Waals surface area contributed by atoms with Crippen molar-refractivity contribution in [1.82, 2.24) is 9.78 Å². The molecule has 1 aromatic heterocycles. The van der Waals surface area contributed by atoms with Crippen molar-refractivity contribution < 1.29 is 10.1 Å². The largest absolute Gasteiger partial charge is 0.340 e. The first kappa shape index (κ1) is 18.2. The molecule has 0 aliphatic heterocycles. The van der Waals surface area contributed by atoms with E-state index in [4.69, 9.17) is 11.6 Å². The van der Waals surface area contributed by atoms with Crippen LogP contribution >= 0.6 is 11.6 Å². The molecule has 3 N–H and O–H groups in total. The number of quaternary nitrogens is 1. The van der Waals surface area contributed by atoms with Gasteiger partial charge in [-0.2, -0.15) is 0 Å². The van der Waals surface area contributed by atoms with Gasteiger partial charge in [0.15, 0.2) is 0 Å². The summed E-state index contributed by atoms with van der Waals surface area (Å²) in [4.78, 5) is 25.7. The van der Waals surface area contributed by atoms with Gasteiger partial charge in [-0.15, -0.1) is 0 Å². The lowest BCUT2D eigenvalue weighted by molar-refractivity contribution is -0.642. The fraction of sp³-hybridized carbons (Fsp3) is 0.200. The molecule has 6 heteroatoms. The van der Waals surface area contributed by atoms with Crippen LogP contribution in [0.25, 0.3) is 16.9 Å². The maximum absolute atomic E-state index is 13.0. The van der Waals surface area contributed by atoms with Crippen LogP contribution < -0.4 is 10.9 Å². The summed E-state index contributed by atoms with van der Waals surface area (Å²) >= 11 is 5.94. The molecule has 0 bridgehead atoms. The zero-order chi connectivity index (χ0) is 18.5. The van der Waals surface area contributed by atoms with Crippen molar-refractivity contribution in [3.8, 4) is 16.9 Å². The molecule has 26 heavy (non-hydrogen) atoms. The van der Waals surface area contributed by atoms with E-state index in [0.717, 1.165) is 18.5 Å². The Morgan fingerprint density at radius 1 is 1.12 bits per heavy atom. The molecule has 0 aliphatic rings. The van der Waals surface area contributed by atoms with E-state index < -0.39 is 0 Å². The first-order valence-corrected chi connectivity index (χ1v) is 9.01. The lowest BCUT2D eigenvalue weighted by atomic mass is 10.1. The van der Waals surface area contributed by atoms with Gasteiger partial charge in [0, 0.05) is 10.6 Å². The molecular formula is C20H21ClN3O2+. The first-order chi connectivity index (χ1) is 12.6. The molecule has 0 unspecified atom stereocenters. The zero-order valence-corrected chi connectivity index (χ0v) is 15.3. The quantitative estimate of drug-likeness (QED) is 0.495. The van der Waals surface area contributed by atoms with Crippen molar-refractivity contribution >= 4 is 17.4 Å². The normalized spacial score (nSPS) is 10.8. The average Bonchev–Trinajstić information content (AvgIpc) is 3.00. The maximum atomic E-state index is 13.0. The molecule has 0 spiro atoms. The van der Waals surface area contributed by atoms with Crippen LogP contribution in [0.15, 0.2) is 59.4 Å². The number of carbonyl (C=O) groups excluding carboxylic acids is 1. The lowest BCUT2D eigenvalue weighted by Gasteiger charge is -2.02. The third-order valence-electron chi connectivity index (χ3n) is 4.14. The summed E-state index contributed by atoms with van der Waals surface area (Å²) in [5, 5.41) is 5.61. The number of benzene rings is 2. The number of nitrogens with one attached hydrogen (secondary N) is 1. The summed E-state index contributed by atoms with van der Waals surface area (Å²) in [6.45, 7) is 3.16. The standard InChI is InChI=1S/C20H20ClN3O2/c1-2-12-22-13-17(25)18-19(14-6-4-3-5-7-14)23-24(20(18)26)16-10-8-15(21)9-11-16/h3-11,22-23H,2,12-13H2,1H3/p+1. The molecular weight excluding hydrogens is 350 g/mol. The lowest BCUT2D eigenvalue weighted by Crippen LogP contribution is -2.85. The Bertz CT molecular complexity index is 943. The summed E-state index contributed by atoms with van der Waals surface area (Å²) < 4.78 is 1.39. The molecule has 0 radical (unpaired) electrons. The van der Waals surface area contributed by atoms with Gasteiger partial charge >= 0.3 is 0 Å². The van der Waals surface area contributed by atoms with E-state index >= 15 is 0 Å². The van der Waals surface area contributed by atoms with Crippen molar-refractivity contribution in [3.05, 3.63) is 75.5 Å². The molecule has 0 amide bonds. The fourth-order valence-corrected chi connectivity index (χ4v) is 2.95. The number of ketones is 1. The highest BCUT2D eigenvalue weighted by molar-refractivity contribution is 6.30. The Kier molecular flexibility index (Phi) is 5.71. The van der Waals surface area contributed by atoms with E-state index in [2.05, 4.69) is 12.0 Å². The second kappa shape index (κ2) is 8.17.